The average Bonchev–Trinajstić information content (AvgIpc) is 2.70. The molecule has 0 heterocycles. The van der Waals surface area contributed by atoms with Crippen LogP contribution in [-0.2, 0) is 9.59 Å². The smallest absolute Gasteiger partial charge is 0.305 e. The third-order valence-electron chi connectivity index (χ3n) is 4.42. The van der Waals surface area contributed by atoms with Gasteiger partial charge in [-0.2, -0.15) is 0 Å². The van der Waals surface area contributed by atoms with Crippen LogP contribution in [0.1, 0.15) is 56.9 Å². The van der Waals surface area contributed by atoms with Crippen molar-refractivity contribution in [3.63, 3.8) is 0 Å². The summed E-state index contributed by atoms with van der Waals surface area (Å²) in [5, 5.41) is 2.47. The molecule has 0 radical (unpaired) electrons. The number of hydrogen-bond acceptors (Lipinski definition) is 3. The van der Waals surface area contributed by atoms with Gasteiger partial charge in [-0.15, -0.1) is 4.91 Å². The predicted molar refractivity (Wildman–Crippen MR) is 109 cm³/mol. The normalized spacial score (nSPS) is 11.9. The first-order chi connectivity index (χ1) is 13.1. The van der Waals surface area contributed by atoms with Crippen molar-refractivity contribution < 1.29 is 9.59 Å². The topological polar surface area (TPSA) is 66.8 Å². The Bertz CT molecular complexity index is 626. The zero-order valence-electron chi connectivity index (χ0n) is 16.2. The number of benzene rings is 1. The van der Waals surface area contributed by atoms with E-state index in [1.807, 2.05) is 36.4 Å². The molecular weight excluding hydrogens is 340 g/mol. The van der Waals surface area contributed by atoms with Gasteiger partial charge in [-0.05, 0) is 18.4 Å². The largest absolute Gasteiger partial charge is 0.333 e. The highest BCUT2D eigenvalue weighted by atomic mass is 16.3. The molecule has 0 aromatic heterocycles. The number of carbonyl (C=O) groups is 2. The summed E-state index contributed by atoms with van der Waals surface area (Å²) in [5.74, 6) is -1.37. The number of carbonyl (C=O) groups excluding carboxylic acids is 2. The van der Waals surface area contributed by atoms with Gasteiger partial charge in [-0.1, -0.05) is 87.7 Å². The summed E-state index contributed by atoms with van der Waals surface area (Å²) >= 11 is 0. The molecule has 0 saturated heterocycles. The molecule has 2 amide bonds. The lowest BCUT2D eigenvalue weighted by Gasteiger charge is -2.26. The van der Waals surface area contributed by atoms with E-state index in [2.05, 4.69) is 18.7 Å². The van der Waals surface area contributed by atoms with E-state index in [4.69, 9.17) is 0 Å². The fourth-order valence-corrected chi connectivity index (χ4v) is 2.96. The van der Waals surface area contributed by atoms with Gasteiger partial charge >= 0.3 is 5.91 Å². The van der Waals surface area contributed by atoms with Gasteiger partial charge in [0.1, 0.15) is 6.54 Å². The van der Waals surface area contributed by atoms with Crippen molar-refractivity contribution in [2.45, 2.75) is 51.4 Å². The second-order valence-corrected chi connectivity index (χ2v) is 6.52. The SMILES string of the molecule is C=C/C=C\CC(C(=O)N(CCCCCCC)CC(=O)N=O)c1ccccc1. The number of nitroso groups, excluding NO2 is 1. The summed E-state index contributed by atoms with van der Waals surface area (Å²) in [7, 11) is 0. The van der Waals surface area contributed by atoms with Crippen molar-refractivity contribution in [2.24, 2.45) is 5.18 Å². The zero-order chi connectivity index (χ0) is 19.9. The minimum atomic E-state index is -0.814. The van der Waals surface area contributed by atoms with Crippen molar-refractivity contribution in [2.75, 3.05) is 13.1 Å². The van der Waals surface area contributed by atoms with Crippen LogP contribution in [-0.4, -0.2) is 29.8 Å². The van der Waals surface area contributed by atoms with E-state index in [1.165, 1.54) is 4.90 Å². The predicted octanol–water partition coefficient (Wildman–Crippen LogP) is 4.99. The Hall–Kier alpha value is -2.56. The summed E-state index contributed by atoms with van der Waals surface area (Å²) < 4.78 is 0. The van der Waals surface area contributed by atoms with Crippen molar-refractivity contribution in [3.8, 4) is 0 Å². The summed E-state index contributed by atoms with van der Waals surface area (Å²) in [6.07, 6.45) is 11.1. The molecule has 1 aromatic rings. The third-order valence-corrected chi connectivity index (χ3v) is 4.42. The first-order valence-electron chi connectivity index (χ1n) is 9.61. The van der Waals surface area contributed by atoms with Crippen LogP contribution < -0.4 is 0 Å². The van der Waals surface area contributed by atoms with Gasteiger partial charge in [-0.25, -0.2) is 0 Å². The lowest BCUT2D eigenvalue weighted by Crippen LogP contribution is -2.39. The molecule has 0 aliphatic carbocycles. The van der Waals surface area contributed by atoms with Gasteiger partial charge in [0.05, 0.1) is 5.92 Å². The molecule has 1 atom stereocenters. The van der Waals surface area contributed by atoms with Crippen LogP contribution in [0.2, 0.25) is 0 Å². The lowest BCUT2D eigenvalue weighted by molar-refractivity contribution is -0.136. The zero-order valence-corrected chi connectivity index (χ0v) is 16.2. The van der Waals surface area contributed by atoms with Crippen LogP contribution in [0.25, 0.3) is 0 Å². The molecule has 0 aliphatic rings. The van der Waals surface area contributed by atoms with Crippen LogP contribution in [0.5, 0.6) is 0 Å². The van der Waals surface area contributed by atoms with Gasteiger partial charge in [0.2, 0.25) is 5.91 Å². The number of allylic oxidation sites excluding steroid dienone is 3. The quantitative estimate of drug-likeness (QED) is 0.279. The van der Waals surface area contributed by atoms with E-state index in [0.717, 1.165) is 37.7 Å². The monoisotopic (exact) mass is 370 g/mol. The number of hydrogen-bond donors (Lipinski definition) is 0. The number of rotatable bonds is 13. The molecule has 0 fully saturated rings. The van der Waals surface area contributed by atoms with E-state index in [-0.39, 0.29) is 12.5 Å². The highest BCUT2D eigenvalue weighted by Crippen LogP contribution is 2.23. The van der Waals surface area contributed by atoms with Crippen molar-refractivity contribution in [1.29, 1.82) is 0 Å². The average molecular weight is 370 g/mol. The molecular formula is C22H30N2O3. The maximum absolute atomic E-state index is 13.2. The molecule has 0 aliphatic heterocycles. The molecule has 0 spiro atoms. The number of amides is 2. The van der Waals surface area contributed by atoms with Gasteiger partial charge < -0.3 is 4.90 Å². The molecule has 146 valence electrons. The molecule has 5 heteroatoms. The van der Waals surface area contributed by atoms with Crippen LogP contribution in [0.15, 0.2) is 60.3 Å². The minimum absolute atomic E-state index is 0.151. The first-order valence-corrected chi connectivity index (χ1v) is 9.61. The Labute approximate surface area is 162 Å². The van der Waals surface area contributed by atoms with E-state index in [9.17, 15) is 14.5 Å². The molecule has 1 rings (SSSR count). The van der Waals surface area contributed by atoms with Crippen molar-refractivity contribution >= 4 is 11.8 Å². The van der Waals surface area contributed by atoms with Gasteiger partial charge in [-0.3, -0.25) is 9.59 Å². The van der Waals surface area contributed by atoms with Crippen LogP contribution in [0, 0.1) is 4.91 Å². The fraction of sp³-hybridized carbons (Fsp3) is 0.455. The Morgan fingerprint density at radius 1 is 1.15 bits per heavy atom. The third kappa shape index (κ3) is 8.58. The number of nitrogens with zero attached hydrogens (tertiary/aromatic N) is 2. The molecule has 1 unspecified atom stereocenters. The first kappa shape index (κ1) is 22.5. The Morgan fingerprint density at radius 3 is 2.48 bits per heavy atom. The standard InChI is InChI=1S/C22H30N2O3/c1-3-5-7-8-13-17-24(18-21(25)23-27)22(26)20(16-10-6-4-2)19-14-11-9-12-15-19/h4,6,9-12,14-15,20H,2-3,5,7-8,13,16-18H2,1H3/b10-6-. The molecule has 0 N–H and O–H groups in total. The Balaban J connectivity index is 2.92. The maximum Gasteiger partial charge on any atom is 0.305 e. The van der Waals surface area contributed by atoms with Crippen LogP contribution >= 0.6 is 0 Å². The molecule has 1 aromatic carbocycles. The summed E-state index contributed by atoms with van der Waals surface area (Å²) in [4.78, 5) is 36.8. The van der Waals surface area contributed by atoms with Crippen LogP contribution in [0.3, 0.4) is 0 Å². The summed E-state index contributed by atoms with van der Waals surface area (Å²) in [5.41, 5.74) is 0.888. The molecule has 0 saturated carbocycles. The minimum Gasteiger partial charge on any atom is -0.333 e. The van der Waals surface area contributed by atoms with E-state index in [1.54, 1.807) is 12.2 Å². The highest BCUT2D eigenvalue weighted by Gasteiger charge is 2.26. The summed E-state index contributed by atoms with van der Waals surface area (Å²) in [6, 6.07) is 9.49. The molecule has 27 heavy (non-hydrogen) atoms. The second kappa shape index (κ2) is 13.6. The van der Waals surface area contributed by atoms with E-state index >= 15 is 0 Å². The fourth-order valence-electron chi connectivity index (χ4n) is 2.96. The van der Waals surface area contributed by atoms with E-state index in [0.29, 0.717) is 13.0 Å². The maximum atomic E-state index is 13.2. The van der Waals surface area contributed by atoms with Gasteiger partial charge in [0.25, 0.3) is 0 Å². The molecule has 0 bridgehead atoms. The highest BCUT2D eigenvalue weighted by molar-refractivity contribution is 5.88. The van der Waals surface area contributed by atoms with Gasteiger partial charge in [0.15, 0.2) is 0 Å². The van der Waals surface area contributed by atoms with Crippen LogP contribution in [0.4, 0.5) is 0 Å². The van der Waals surface area contributed by atoms with Crippen molar-refractivity contribution in [3.05, 3.63) is 65.6 Å². The Kier molecular flexibility index (Phi) is 11.3. The van der Waals surface area contributed by atoms with Gasteiger partial charge in [0, 0.05) is 11.7 Å². The Morgan fingerprint density at radius 2 is 1.85 bits per heavy atom. The van der Waals surface area contributed by atoms with E-state index < -0.39 is 11.8 Å². The van der Waals surface area contributed by atoms with Crippen molar-refractivity contribution in [1.82, 2.24) is 4.90 Å². The lowest BCUT2D eigenvalue weighted by atomic mass is 9.93. The number of unbranched alkanes of at least 4 members (excludes halogenated alkanes) is 4. The molecule has 5 nitrogen and oxygen atoms in total. The summed E-state index contributed by atoms with van der Waals surface area (Å²) in [6.45, 7) is 5.99. The second-order valence-electron chi connectivity index (χ2n) is 6.52.